The lowest BCUT2D eigenvalue weighted by atomic mass is 10.2. The third-order valence-corrected chi connectivity index (χ3v) is 2.60. The average Bonchev–Trinajstić information content (AvgIpc) is 2.49. The molecule has 2 amide bonds. The molecule has 1 fully saturated rings. The molecule has 4 nitrogen and oxygen atoms in total. The molecule has 1 aliphatic rings. The first kappa shape index (κ1) is 10.3. The number of hydrogen-bond donors (Lipinski definition) is 0. The van der Waals surface area contributed by atoms with Gasteiger partial charge in [-0.1, -0.05) is 0 Å². The second-order valence-corrected chi connectivity index (χ2v) is 3.99. The van der Waals surface area contributed by atoms with Gasteiger partial charge < -0.3 is 14.7 Å². The molecule has 0 aromatic rings. The molecule has 1 rings (SSSR count). The van der Waals surface area contributed by atoms with Crippen LogP contribution in [-0.2, 0) is 0 Å². The van der Waals surface area contributed by atoms with Gasteiger partial charge >= 0.3 is 6.03 Å². The van der Waals surface area contributed by atoms with Crippen molar-refractivity contribution >= 4 is 6.03 Å². The van der Waals surface area contributed by atoms with Crippen molar-refractivity contribution in [3.63, 3.8) is 0 Å². The van der Waals surface area contributed by atoms with Gasteiger partial charge in [-0.3, -0.25) is 0 Å². The molecule has 13 heavy (non-hydrogen) atoms. The number of urea groups is 1. The predicted molar refractivity (Wildman–Crippen MR) is 52.7 cm³/mol. The molecule has 0 aliphatic carbocycles. The van der Waals surface area contributed by atoms with E-state index in [9.17, 15) is 4.79 Å². The second kappa shape index (κ2) is 3.96. The Morgan fingerprint density at radius 2 is 2.00 bits per heavy atom. The fourth-order valence-electron chi connectivity index (χ4n) is 1.70. The van der Waals surface area contributed by atoms with Gasteiger partial charge in [0.15, 0.2) is 0 Å². The number of hydrogen-bond acceptors (Lipinski definition) is 2. The van der Waals surface area contributed by atoms with Gasteiger partial charge in [0, 0.05) is 33.7 Å². The number of amides is 2. The monoisotopic (exact) mass is 185 g/mol. The highest BCUT2D eigenvalue weighted by atomic mass is 16.2. The lowest BCUT2D eigenvalue weighted by Gasteiger charge is -2.27. The number of likely N-dealkylation sites (tertiary alicyclic amines) is 1. The molecular weight excluding hydrogens is 166 g/mol. The van der Waals surface area contributed by atoms with Crippen molar-refractivity contribution in [3.05, 3.63) is 0 Å². The van der Waals surface area contributed by atoms with Crippen LogP contribution in [0.4, 0.5) is 4.79 Å². The number of carbonyl (C=O) groups is 1. The maximum absolute atomic E-state index is 11.6. The van der Waals surface area contributed by atoms with E-state index < -0.39 is 0 Å². The zero-order valence-corrected chi connectivity index (χ0v) is 8.95. The van der Waals surface area contributed by atoms with Crippen molar-refractivity contribution in [1.29, 1.82) is 0 Å². The average molecular weight is 185 g/mol. The molecule has 1 saturated heterocycles. The summed E-state index contributed by atoms with van der Waals surface area (Å²) < 4.78 is 0. The van der Waals surface area contributed by atoms with Crippen LogP contribution < -0.4 is 0 Å². The maximum Gasteiger partial charge on any atom is 0.319 e. The minimum Gasteiger partial charge on any atom is -0.331 e. The molecule has 0 bridgehead atoms. The van der Waals surface area contributed by atoms with Crippen molar-refractivity contribution < 1.29 is 4.79 Å². The SMILES string of the molecule is CN1CCC(N(C)C(=O)N(C)C)C1. The first-order valence-corrected chi connectivity index (χ1v) is 4.65. The molecule has 1 unspecified atom stereocenters. The van der Waals surface area contributed by atoms with Gasteiger partial charge in [-0.25, -0.2) is 4.79 Å². The summed E-state index contributed by atoms with van der Waals surface area (Å²) in [6.45, 7) is 2.09. The molecule has 4 heteroatoms. The van der Waals surface area contributed by atoms with Gasteiger partial charge in [0.05, 0.1) is 0 Å². The molecule has 76 valence electrons. The molecule has 0 aromatic carbocycles. The van der Waals surface area contributed by atoms with Crippen molar-refractivity contribution in [3.8, 4) is 0 Å². The standard InChI is InChI=1S/C9H19N3O/c1-10(2)9(13)12(4)8-5-6-11(3)7-8/h8H,5-7H2,1-4H3. The van der Waals surface area contributed by atoms with Gasteiger partial charge in [0.1, 0.15) is 0 Å². The summed E-state index contributed by atoms with van der Waals surface area (Å²) in [5, 5.41) is 0. The van der Waals surface area contributed by atoms with Gasteiger partial charge in [-0.05, 0) is 20.0 Å². The van der Waals surface area contributed by atoms with Crippen LogP contribution in [0.1, 0.15) is 6.42 Å². The predicted octanol–water partition coefficient (Wildman–Crippen LogP) is 0.304. The summed E-state index contributed by atoms with van der Waals surface area (Å²) in [6, 6.07) is 0.486. The molecule has 1 atom stereocenters. The zero-order valence-electron chi connectivity index (χ0n) is 8.95. The molecule has 0 aromatic heterocycles. The Morgan fingerprint density at radius 1 is 1.38 bits per heavy atom. The van der Waals surface area contributed by atoms with Crippen molar-refractivity contribution in [2.24, 2.45) is 0 Å². The van der Waals surface area contributed by atoms with Crippen LogP contribution in [0.5, 0.6) is 0 Å². The Morgan fingerprint density at radius 3 is 2.38 bits per heavy atom. The smallest absolute Gasteiger partial charge is 0.319 e. The van der Waals surface area contributed by atoms with Crippen molar-refractivity contribution in [1.82, 2.24) is 14.7 Å². The highest BCUT2D eigenvalue weighted by Crippen LogP contribution is 2.13. The Balaban J connectivity index is 2.48. The largest absolute Gasteiger partial charge is 0.331 e. The topological polar surface area (TPSA) is 26.8 Å². The van der Waals surface area contributed by atoms with Crippen LogP contribution in [0.25, 0.3) is 0 Å². The summed E-state index contributed by atoms with van der Waals surface area (Å²) >= 11 is 0. The highest BCUT2D eigenvalue weighted by molar-refractivity contribution is 5.73. The molecule has 1 aliphatic heterocycles. The van der Waals surface area contributed by atoms with Crippen LogP contribution in [-0.4, -0.2) is 68.1 Å². The number of likely N-dealkylation sites (N-methyl/N-ethyl adjacent to an activating group) is 2. The minimum absolute atomic E-state index is 0.0975. The first-order valence-electron chi connectivity index (χ1n) is 4.65. The van der Waals surface area contributed by atoms with Crippen LogP contribution in [0.2, 0.25) is 0 Å². The molecule has 1 heterocycles. The Bertz CT molecular complexity index is 193. The lowest BCUT2D eigenvalue weighted by Crippen LogP contribution is -2.43. The van der Waals surface area contributed by atoms with E-state index in [0.717, 1.165) is 19.5 Å². The maximum atomic E-state index is 11.6. The van der Waals surface area contributed by atoms with E-state index in [1.165, 1.54) is 0 Å². The third-order valence-electron chi connectivity index (χ3n) is 2.60. The van der Waals surface area contributed by atoms with Crippen LogP contribution in [0, 0.1) is 0 Å². The second-order valence-electron chi connectivity index (χ2n) is 3.99. The Kier molecular flexibility index (Phi) is 3.14. The summed E-state index contributed by atoms with van der Waals surface area (Å²) in [4.78, 5) is 17.3. The van der Waals surface area contributed by atoms with Gasteiger partial charge in [0.2, 0.25) is 0 Å². The summed E-state index contributed by atoms with van der Waals surface area (Å²) in [5.74, 6) is 0. The number of nitrogens with zero attached hydrogens (tertiary/aromatic N) is 3. The zero-order chi connectivity index (χ0) is 10.0. The fraction of sp³-hybridized carbons (Fsp3) is 0.889. The molecule has 0 saturated carbocycles. The molecule has 0 radical (unpaired) electrons. The van der Waals surface area contributed by atoms with E-state index in [4.69, 9.17) is 0 Å². The van der Waals surface area contributed by atoms with Gasteiger partial charge in [-0.15, -0.1) is 0 Å². The van der Waals surface area contributed by atoms with Crippen LogP contribution >= 0.6 is 0 Å². The Hall–Kier alpha value is -0.770. The van der Waals surface area contributed by atoms with Crippen molar-refractivity contribution in [2.75, 3.05) is 41.3 Å². The quantitative estimate of drug-likeness (QED) is 0.587. The minimum atomic E-state index is 0.0975. The summed E-state index contributed by atoms with van der Waals surface area (Å²) in [7, 11) is 7.55. The summed E-state index contributed by atoms with van der Waals surface area (Å²) in [6.07, 6.45) is 1.09. The van der Waals surface area contributed by atoms with Gasteiger partial charge in [-0.2, -0.15) is 0 Å². The Labute approximate surface area is 80.1 Å². The van der Waals surface area contributed by atoms with E-state index in [1.807, 2.05) is 11.9 Å². The van der Waals surface area contributed by atoms with E-state index in [-0.39, 0.29) is 6.03 Å². The molecular formula is C9H19N3O. The van der Waals surface area contributed by atoms with Crippen LogP contribution in [0.3, 0.4) is 0 Å². The molecule has 0 spiro atoms. The van der Waals surface area contributed by atoms with E-state index in [0.29, 0.717) is 6.04 Å². The fourth-order valence-corrected chi connectivity index (χ4v) is 1.70. The van der Waals surface area contributed by atoms with Crippen LogP contribution in [0.15, 0.2) is 0 Å². The summed E-state index contributed by atoms with van der Waals surface area (Å²) in [5.41, 5.74) is 0. The lowest BCUT2D eigenvalue weighted by molar-refractivity contribution is 0.165. The van der Waals surface area contributed by atoms with E-state index in [2.05, 4.69) is 11.9 Å². The van der Waals surface area contributed by atoms with Gasteiger partial charge in [0.25, 0.3) is 0 Å². The highest BCUT2D eigenvalue weighted by Gasteiger charge is 2.26. The number of carbonyl (C=O) groups excluding carboxylic acids is 1. The third kappa shape index (κ3) is 2.34. The first-order chi connectivity index (χ1) is 6.02. The van der Waals surface area contributed by atoms with E-state index >= 15 is 0 Å². The van der Waals surface area contributed by atoms with Crippen molar-refractivity contribution in [2.45, 2.75) is 12.5 Å². The molecule has 0 N–H and O–H groups in total. The number of rotatable bonds is 1. The van der Waals surface area contributed by atoms with E-state index in [1.54, 1.807) is 19.0 Å². The normalized spacial score (nSPS) is 23.2.